The second-order valence-electron chi connectivity index (χ2n) is 2.87. The Morgan fingerprint density at radius 1 is 1.40 bits per heavy atom. The zero-order valence-electron chi connectivity index (χ0n) is 8.24. The highest BCUT2D eigenvalue weighted by atomic mass is 16.4. The lowest BCUT2D eigenvalue weighted by Crippen LogP contribution is -2.15. The third kappa shape index (κ3) is 3.68. The number of carbonyl (C=O) groups excluding carboxylic acids is 1. The molecule has 1 rings (SSSR count). The number of oxime groups is 1. The Kier molecular flexibility index (Phi) is 4.15. The summed E-state index contributed by atoms with van der Waals surface area (Å²) in [6.07, 6.45) is 1.04. The van der Waals surface area contributed by atoms with Crippen LogP contribution in [0.25, 0.3) is 0 Å². The topological polar surface area (TPSA) is 74.4 Å². The van der Waals surface area contributed by atoms with Gasteiger partial charge in [-0.25, -0.2) is 0 Å². The van der Waals surface area contributed by atoms with Gasteiger partial charge in [-0.2, -0.15) is 10.2 Å². The third-order valence-corrected chi connectivity index (χ3v) is 1.68. The number of hydrogen-bond acceptors (Lipinski definition) is 5. The lowest BCUT2D eigenvalue weighted by molar-refractivity contribution is -0.116. The van der Waals surface area contributed by atoms with Crippen LogP contribution in [0.2, 0.25) is 0 Å². The highest BCUT2D eigenvalue weighted by Crippen LogP contribution is 2.10. The van der Waals surface area contributed by atoms with Crippen LogP contribution in [0, 0.1) is 0 Å². The monoisotopic (exact) mass is 205 g/mol. The van der Waals surface area contributed by atoms with E-state index in [1.165, 1.54) is 6.92 Å². The average Bonchev–Trinajstić information content (AvgIpc) is 2.25. The van der Waals surface area contributed by atoms with E-state index in [0.29, 0.717) is 5.69 Å². The molecule has 0 aliphatic carbocycles. The van der Waals surface area contributed by atoms with E-state index in [1.54, 1.807) is 12.1 Å². The van der Waals surface area contributed by atoms with Gasteiger partial charge in [-0.1, -0.05) is 23.4 Å². The van der Waals surface area contributed by atoms with Gasteiger partial charge in [0.05, 0.1) is 11.9 Å². The van der Waals surface area contributed by atoms with E-state index in [2.05, 4.69) is 15.4 Å². The van der Waals surface area contributed by atoms with Gasteiger partial charge in [-0.3, -0.25) is 4.79 Å². The number of ketones is 1. The Balaban J connectivity index is 2.74. The summed E-state index contributed by atoms with van der Waals surface area (Å²) in [5, 5.41) is 18.7. The predicted octanol–water partition coefficient (Wildman–Crippen LogP) is 2.19. The number of rotatable bonds is 4. The molecule has 0 spiro atoms. The first kappa shape index (κ1) is 11.0. The van der Waals surface area contributed by atoms with E-state index in [-0.39, 0.29) is 5.78 Å². The molecule has 1 N–H and O–H groups in total. The van der Waals surface area contributed by atoms with E-state index in [1.807, 2.05) is 18.2 Å². The number of benzene rings is 1. The van der Waals surface area contributed by atoms with Gasteiger partial charge in [0.1, 0.15) is 0 Å². The summed E-state index contributed by atoms with van der Waals surface area (Å²) in [6.45, 7) is 1.36. The Morgan fingerprint density at radius 3 is 2.60 bits per heavy atom. The van der Waals surface area contributed by atoms with Crippen molar-refractivity contribution in [1.29, 1.82) is 0 Å². The number of carbonyl (C=O) groups is 1. The van der Waals surface area contributed by atoms with Gasteiger partial charge in [0, 0.05) is 0 Å². The Morgan fingerprint density at radius 2 is 2.07 bits per heavy atom. The van der Waals surface area contributed by atoms with Crippen molar-refractivity contribution < 1.29 is 10.0 Å². The molecule has 1 aromatic rings. The van der Waals surface area contributed by atoms with Crippen molar-refractivity contribution in [2.24, 2.45) is 15.4 Å². The molecule has 1 unspecified atom stereocenters. The molecule has 0 aromatic heterocycles. The largest absolute Gasteiger partial charge is 0.411 e. The molecule has 0 heterocycles. The van der Waals surface area contributed by atoms with Crippen LogP contribution in [0.4, 0.5) is 5.69 Å². The van der Waals surface area contributed by atoms with Gasteiger partial charge in [0.15, 0.2) is 11.8 Å². The summed E-state index contributed by atoms with van der Waals surface area (Å²) < 4.78 is 0. The molecule has 0 fully saturated rings. The van der Waals surface area contributed by atoms with E-state index >= 15 is 0 Å². The van der Waals surface area contributed by atoms with Crippen molar-refractivity contribution in [3.05, 3.63) is 30.3 Å². The van der Waals surface area contributed by atoms with E-state index < -0.39 is 6.04 Å². The molecule has 0 radical (unpaired) electrons. The predicted molar refractivity (Wildman–Crippen MR) is 55.7 cm³/mol. The minimum atomic E-state index is -0.824. The van der Waals surface area contributed by atoms with Crippen molar-refractivity contribution in [3.63, 3.8) is 0 Å². The first-order chi connectivity index (χ1) is 7.24. The number of azo groups is 1. The van der Waals surface area contributed by atoms with Crippen LogP contribution in [0.1, 0.15) is 6.92 Å². The molecule has 0 aliphatic rings. The fourth-order valence-electron chi connectivity index (χ4n) is 0.903. The van der Waals surface area contributed by atoms with Crippen molar-refractivity contribution in [1.82, 2.24) is 0 Å². The standard InChI is InChI=1S/C10H11N3O2/c1-8(14)10(7-11-15)13-12-9-5-3-2-4-6-9/h2-7,10,15H,1H3. The van der Waals surface area contributed by atoms with Gasteiger partial charge >= 0.3 is 0 Å². The van der Waals surface area contributed by atoms with Gasteiger partial charge in [-0.05, 0) is 19.1 Å². The van der Waals surface area contributed by atoms with Crippen molar-refractivity contribution in [2.45, 2.75) is 13.0 Å². The van der Waals surface area contributed by atoms with Crippen LogP contribution in [-0.4, -0.2) is 23.2 Å². The van der Waals surface area contributed by atoms with Crippen molar-refractivity contribution >= 4 is 17.7 Å². The molecule has 0 saturated carbocycles. The van der Waals surface area contributed by atoms with Gasteiger partial charge in [-0.15, -0.1) is 0 Å². The summed E-state index contributed by atoms with van der Waals surface area (Å²) in [5.41, 5.74) is 0.648. The van der Waals surface area contributed by atoms with Crippen LogP contribution in [0.5, 0.6) is 0 Å². The molecule has 5 nitrogen and oxygen atoms in total. The molecule has 78 valence electrons. The molecule has 0 aliphatic heterocycles. The maximum Gasteiger partial charge on any atom is 0.167 e. The lowest BCUT2D eigenvalue weighted by atomic mass is 10.2. The zero-order valence-corrected chi connectivity index (χ0v) is 8.24. The van der Waals surface area contributed by atoms with E-state index in [0.717, 1.165) is 6.21 Å². The summed E-state index contributed by atoms with van der Waals surface area (Å²) in [5.74, 6) is -0.229. The van der Waals surface area contributed by atoms with Crippen LogP contribution in [0.3, 0.4) is 0 Å². The first-order valence-electron chi connectivity index (χ1n) is 4.38. The van der Waals surface area contributed by atoms with Crippen LogP contribution < -0.4 is 0 Å². The lowest BCUT2D eigenvalue weighted by Gasteiger charge is -1.98. The zero-order chi connectivity index (χ0) is 11.1. The summed E-state index contributed by atoms with van der Waals surface area (Å²) >= 11 is 0. The second-order valence-corrected chi connectivity index (χ2v) is 2.87. The molecular weight excluding hydrogens is 194 g/mol. The molecule has 1 atom stereocenters. The third-order valence-electron chi connectivity index (χ3n) is 1.68. The second kappa shape index (κ2) is 5.64. The molecule has 0 saturated heterocycles. The molecular formula is C10H11N3O2. The van der Waals surface area contributed by atoms with Crippen LogP contribution >= 0.6 is 0 Å². The molecule has 0 bridgehead atoms. The fourth-order valence-corrected chi connectivity index (χ4v) is 0.903. The SMILES string of the molecule is CC(=O)C(C=NO)N=Nc1ccccc1. The highest BCUT2D eigenvalue weighted by Gasteiger charge is 2.09. The maximum absolute atomic E-state index is 11.0. The van der Waals surface area contributed by atoms with Crippen molar-refractivity contribution in [2.75, 3.05) is 0 Å². The van der Waals surface area contributed by atoms with Gasteiger partial charge in [0.2, 0.25) is 0 Å². The number of Topliss-reactive ketones (excluding diaryl/α,β-unsaturated/α-hetero) is 1. The average molecular weight is 205 g/mol. The maximum atomic E-state index is 11.0. The number of nitrogens with zero attached hydrogens (tertiary/aromatic N) is 3. The molecule has 5 heteroatoms. The Bertz CT molecular complexity index is 374. The summed E-state index contributed by atoms with van der Waals surface area (Å²) in [7, 11) is 0. The van der Waals surface area contributed by atoms with Crippen LogP contribution in [0.15, 0.2) is 45.7 Å². The van der Waals surface area contributed by atoms with E-state index in [9.17, 15) is 4.79 Å². The van der Waals surface area contributed by atoms with Gasteiger partial charge in [0.25, 0.3) is 0 Å². The molecule has 0 amide bonds. The molecule has 15 heavy (non-hydrogen) atoms. The van der Waals surface area contributed by atoms with E-state index in [4.69, 9.17) is 5.21 Å². The van der Waals surface area contributed by atoms with Crippen molar-refractivity contribution in [3.8, 4) is 0 Å². The minimum absolute atomic E-state index is 0.229. The van der Waals surface area contributed by atoms with Crippen LogP contribution in [-0.2, 0) is 4.79 Å². The Hall–Kier alpha value is -2.04. The highest BCUT2D eigenvalue weighted by molar-refractivity contribution is 5.97. The quantitative estimate of drug-likeness (QED) is 0.354. The summed E-state index contributed by atoms with van der Waals surface area (Å²) in [6, 6.07) is 8.19. The fraction of sp³-hybridized carbons (Fsp3) is 0.200. The van der Waals surface area contributed by atoms with Gasteiger partial charge < -0.3 is 5.21 Å². The number of hydrogen-bond donors (Lipinski definition) is 1. The summed E-state index contributed by atoms with van der Waals surface area (Å²) in [4.78, 5) is 11.0. The molecule has 1 aromatic carbocycles. The Labute approximate surface area is 87.1 Å². The normalized spacial score (nSPS) is 13.4. The minimum Gasteiger partial charge on any atom is -0.411 e. The first-order valence-corrected chi connectivity index (χ1v) is 4.38. The smallest absolute Gasteiger partial charge is 0.167 e.